The number of rotatable bonds is 18. The number of oxime groups is 1. The molecule has 0 spiro atoms. The summed E-state index contributed by atoms with van der Waals surface area (Å²) in [6, 6.07) is 10.7. The van der Waals surface area contributed by atoms with Gasteiger partial charge in [0.1, 0.15) is 29.7 Å². The number of carbonyl (C=O) groups is 1. The number of carbonyl (C=O) groups excluding carboxylic acids is 1. The van der Waals surface area contributed by atoms with Crippen LogP contribution < -0.4 is 18.9 Å². The first-order chi connectivity index (χ1) is 27.1. The van der Waals surface area contributed by atoms with Gasteiger partial charge in [-0.3, -0.25) is 4.90 Å². The predicted octanol–water partition coefficient (Wildman–Crippen LogP) is 7.68. The van der Waals surface area contributed by atoms with Crippen molar-refractivity contribution >= 4 is 11.8 Å². The fourth-order valence-electron chi connectivity index (χ4n) is 8.74. The van der Waals surface area contributed by atoms with Crippen LogP contribution in [-0.2, 0) is 20.9 Å². The third-order valence-corrected chi connectivity index (χ3v) is 11.0. The molecule has 12 nitrogen and oxygen atoms in total. The van der Waals surface area contributed by atoms with Gasteiger partial charge in [-0.15, -0.1) is 6.58 Å². The summed E-state index contributed by atoms with van der Waals surface area (Å²) < 4.78 is 37.2. The van der Waals surface area contributed by atoms with E-state index < -0.39 is 29.4 Å². The summed E-state index contributed by atoms with van der Waals surface area (Å²) in [5.41, 5.74) is 2.82. The molecule has 0 aromatic heterocycles. The Bertz CT molecular complexity index is 1770. The second kappa shape index (κ2) is 18.2. The minimum absolute atomic E-state index is 0.0713. The molecule has 0 bridgehead atoms. The number of aliphatic hydroxyl groups excluding tert-OH is 2. The number of nitrogens with zero attached hydrogens (tertiary/aromatic N) is 2. The van der Waals surface area contributed by atoms with Gasteiger partial charge in [-0.1, -0.05) is 48.9 Å². The summed E-state index contributed by atoms with van der Waals surface area (Å²) in [5, 5.41) is 24.6. The van der Waals surface area contributed by atoms with E-state index in [9.17, 15) is 15.0 Å². The average molecular weight is 775 g/mol. The molecule has 0 radical (unpaired) electrons. The first kappa shape index (κ1) is 41.1. The Morgan fingerprint density at radius 3 is 2.43 bits per heavy atom. The van der Waals surface area contributed by atoms with Gasteiger partial charge < -0.3 is 43.5 Å². The molecule has 6 unspecified atom stereocenters. The van der Waals surface area contributed by atoms with Crippen LogP contribution in [0, 0.1) is 17.8 Å². The van der Waals surface area contributed by atoms with Gasteiger partial charge in [-0.25, -0.2) is 4.79 Å². The molecule has 304 valence electrons. The summed E-state index contributed by atoms with van der Waals surface area (Å²) in [7, 11) is 1.37. The van der Waals surface area contributed by atoms with Gasteiger partial charge >= 0.3 is 6.09 Å². The maximum absolute atomic E-state index is 14.2. The summed E-state index contributed by atoms with van der Waals surface area (Å²) >= 11 is 0. The molecule has 1 fully saturated rings. The number of allylic oxidation sites excluding steroid dienone is 1. The smallest absolute Gasteiger partial charge is 0.410 e. The van der Waals surface area contributed by atoms with Crippen LogP contribution in [0.25, 0.3) is 0 Å². The van der Waals surface area contributed by atoms with Crippen LogP contribution in [0.3, 0.4) is 0 Å². The molecular formula is C44H58N2O10. The van der Waals surface area contributed by atoms with E-state index in [1.807, 2.05) is 51.1 Å². The maximum Gasteiger partial charge on any atom is 0.410 e. The molecule has 12 heteroatoms. The first-order valence-electron chi connectivity index (χ1n) is 19.8. The SMILES string of the molecule is C=CCOc1ccc2c(c1)C1C(CCCCO)C(CCCCO)C=C3C(=NOC(C)(C)C)CC(N(Cc4ccc5c(c4)OCO5)C(=O)OC)C(OCC=C)(O2)C31. The lowest BCUT2D eigenvalue weighted by atomic mass is 9.55. The number of hydrogen-bond acceptors (Lipinski definition) is 11. The molecule has 6 rings (SSSR count). The average Bonchev–Trinajstić information content (AvgIpc) is 3.66. The van der Waals surface area contributed by atoms with Crippen molar-refractivity contribution in [3.05, 3.63) is 84.5 Å². The van der Waals surface area contributed by atoms with E-state index in [1.165, 1.54) is 7.11 Å². The number of ether oxygens (including phenoxy) is 6. The zero-order valence-corrected chi connectivity index (χ0v) is 33.2. The summed E-state index contributed by atoms with van der Waals surface area (Å²) in [4.78, 5) is 22.1. The molecule has 2 aliphatic heterocycles. The number of methoxy groups -OCH3 is 1. The van der Waals surface area contributed by atoms with Gasteiger partial charge in [0.15, 0.2) is 11.5 Å². The zero-order valence-electron chi connectivity index (χ0n) is 33.2. The highest BCUT2D eigenvalue weighted by Gasteiger charge is 2.65. The quantitative estimate of drug-likeness (QED) is 0.0882. The number of benzene rings is 2. The Morgan fingerprint density at radius 1 is 0.982 bits per heavy atom. The Labute approximate surface area is 330 Å². The molecule has 2 aromatic carbocycles. The monoisotopic (exact) mass is 774 g/mol. The lowest BCUT2D eigenvalue weighted by Gasteiger charge is -2.59. The lowest BCUT2D eigenvalue weighted by molar-refractivity contribution is -0.256. The van der Waals surface area contributed by atoms with Gasteiger partial charge in [0.2, 0.25) is 12.6 Å². The summed E-state index contributed by atoms with van der Waals surface area (Å²) in [6.45, 7) is 14.7. The van der Waals surface area contributed by atoms with E-state index in [0.29, 0.717) is 48.2 Å². The number of aliphatic hydroxyl groups is 2. The van der Waals surface area contributed by atoms with E-state index in [-0.39, 0.29) is 57.3 Å². The molecule has 0 saturated heterocycles. The van der Waals surface area contributed by atoms with Crippen molar-refractivity contribution in [1.29, 1.82) is 0 Å². The number of amides is 1. The van der Waals surface area contributed by atoms with Crippen LogP contribution in [0.1, 0.15) is 82.8 Å². The molecule has 56 heavy (non-hydrogen) atoms. The highest BCUT2D eigenvalue weighted by atomic mass is 16.7. The highest BCUT2D eigenvalue weighted by molar-refractivity contribution is 6.03. The van der Waals surface area contributed by atoms with Crippen LogP contribution in [0.2, 0.25) is 0 Å². The zero-order chi connectivity index (χ0) is 39.9. The van der Waals surface area contributed by atoms with Crippen molar-refractivity contribution in [1.82, 2.24) is 4.90 Å². The van der Waals surface area contributed by atoms with Crippen LogP contribution in [-0.4, -0.2) is 84.7 Å². The van der Waals surface area contributed by atoms with Crippen molar-refractivity contribution in [3.63, 3.8) is 0 Å². The molecular weight excluding hydrogens is 716 g/mol. The van der Waals surface area contributed by atoms with Crippen molar-refractivity contribution in [2.24, 2.45) is 22.9 Å². The Hall–Kier alpha value is -4.52. The summed E-state index contributed by atoms with van der Waals surface area (Å²) in [6.07, 6.45) is 10.1. The molecule has 1 amide bonds. The lowest BCUT2D eigenvalue weighted by Crippen LogP contribution is -2.70. The molecule has 2 heterocycles. The number of fused-ring (bicyclic) bond motifs is 3. The fourth-order valence-corrected chi connectivity index (χ4v) is 8.74. The van der Waals surface area contributed by atoms with E-state index in [2.05, 4.69) is 25.3 Å². The van der Waals surface area contributed by atoms with E-state index in [4.69, 9.17) is 38.4 Å². The topological polar surface area (TPSA) is 138 Å². The second-order valence-corrected chi connectivity index (χ2v) is 15.9. The fraction of sp³-hybridized carbons (Fsp3) is 0.545. The van der Waals surface area contributed by atoms with Crippen LogP contribution in [0.4, 0.5) is 4.79 Å². The minimum atomic E-state index is -1.43. The van der Waals surface area contributed by atoms with Gasteiger partial charge in [0.25, 0.3) is 0 Å². The molecule has 2 aliphatic carbocycles. The number of unbranched alkanes of at least 4 members (excludes halogenated alkanes) is 2. The van der Waals surface area contributed by atoms with Gasteiger partial charge in [-0.05, 0) is 99.8 Å². The van der Waals surface area contributed by atoms with E-state index in [1.54, 1.807) is 17.1 Å². The van der Waals surface area contributed by atoms with Gasteiger partial charge in [-0.2, -0.15) is 0 Å². The Kier molecular flexibility index (Phi) is 13.3. The Morgan fingerprint density at radius 2 is 1.71 bits per heavy atom. The third-order valence-electron chi connectivity index (χ3n) is 11.0. The molecule has 1 saturated carbocycles. The summed E-state index contributed by atoms with van der Waals surface area (Å²) in [5.74, 6) is 0.628. The van der Waals surface area contributed by atoms with Gasteiger partial charge in [0.05, 0.1) is 25.3 Å². The second-order valence-electron chi connectivity index (χ2n) is 15.9. The third kappa shape index (κ3) is 8.72. The van der Waals surface area contributed by atoms with E-state index >= 15 is 0 Å². The molecule has 6 atom stereocenters. The van der Waals surface area contributed by atoms with Crippen molar-refractivity contribution in [2.45, 2.75) is 95.6 Å². The number of hydrogen-bond donors (Lipinski definition) is 2. The van der Waals surface area contributed by atoms with Crippen LogP contribution >= 0.6 is 0 Å². The van der Waals surface area contributed by atoms with Crippen LogP contribution in [0.5, 0.6) is 23.0 Å². The van der Waals surface area contributed by atoms with Crippen molar-refractivity contribution in [3.8, 4) is 23.0 Å². The van der Waals surface area contributed by atoms with Crippen molar-refractivity contribution < 1.29 is 48.3 Å². The van der Waals surface area contributed by atoms with Gasteiger partial charge in [0, 0.05) is 37.7 Å². The molecule has 2 N–H and O–H groups in total. The van der Waals surface area contributed by atoms with E-state index in [0.717, 1.165) is 42.4 Å². The largest absolute Gasteiger partial charge is 0.490 e. The first-order valence-corrected chi connectivity index (χ1v) is 19.8. The van der Waals surface area contributed by atoms with Crippen molar-refractivity contribution in [2.75, 3.05) is 40.3 Å². The minimum Gasteiger partial charge on any atom is -0.490 e. The highest BCUT2D eigenvalue weighted by Crippen LogP contribution is 2.62. The molecule has 4 aliphatic rings. The maximum atomic E-state index is 14.2. The normalized spacial score (nSPS) is 25.3. The standard InChI is InChI=1S/C44H58N2O10/c1-7-21-51-31-16-18-36-34(25-31)40-32(14-10-12-20-48)30(13-9-11-19-47)24-33-35(45-56-43(3,4)5)26-39(44(55-36,41(33)40)54-22-8-2)46(42(49)50-6)27-29-15-17-37-38(23-29)53-28-52-37/h7-8,15-18,23-25,30,32,39-41,47-48H,1-2,9-14,19-22,26-28H2,3-6H3. The predicted molar refractivity (Wildman–Crippen MR) is 212 cm³/mol. The molecule has 2 aromatic rings. The Balaban J connectivity index is 1.60. The van der Waals surface area contributed by atoms with Crippen LogP contribution in [0.15, 0.2) is 78.5 Å².